The monoisotopic (exact) mass is 567 g/mol. The van der Waals surface area contributed by atoms with Crippen molar-refractivity contribution in [3.8, 4) is 16.9 Å². The minimum atomic E-state index is -0.709. The van der Waals surface area contributed by atoms with Crippen LogP contribution in [0.25, 0.3) is 22.6 Å². The number of nitrogens with zero attached hydrogens (tertiary/aromatic N) is 6. The number of rotatable bonds is 4. The van der Waals surface area contributed by atoms with E-state index in [0.29, 0.717) is 43.2 Å². The van der Waals surface area contributed by atoms with Crippen molar-refractivity contribution in [3.63, 3.8) is 0 Å². The van der Waals surface area contributed by atoms with Crippen molar-refractivity contribution in [2.45, 2.75) is 6.92 Å². The maximum absolute atomic E-state index is 12.9. The van der Waals surface area contributed by atoms with Gasteiger partial charge in [-0.2, -0.15) is 9.78 Å². The molecule has 5 aromatic rings. The summed E-state index contributed by atoms with van der Waals surface area (Å²) >= 11 is 6.43. The molecule has 1 aliphatic rings. The SMILES string of the molecule is Cc1cccn2cc(-c3ccc(NC(=O)C(=O)N4CCN(c5cnn(-c6ccccc6)c(=O)c5Cl)CC4)cc3)nc12. The molecule has 11 heteroatoms. The number of halogens is 1. The molecule has 3 aromatic heterocycles. The average Bonchev–Trinajstić information content (AvgIpc) is 3.45. The number of hydrogen-bond acceptors (Lipinski definition) is 6. The molecule has 4 heterocycles. The summed E-state index contributed by atoms with van der Waals surface area (Å²) in [7, 11) is 0. The second kappa shape index (κ2) is 10.9. The second-order valence-corrected chi connectivity index (χ2v) is 10.1. The van der Waals surface area contributed by atoms with Crippen LogP contribution in [0.2, 0.25) is 5.02 Å². The number of carbonyl (C=O) groups excluding carboxylic acids is 2. The first-order valence-corrected chi connectivity index (χ1v) is 13.5. The van der Waals surface area contributed by atoms with Crippen molar-refractivity contribution in [1.82, 2.24) is 24.1 Å². The molecule has 0 radical (unpaired) electrons. The smallest absolute Gasteiger partial charge is 0.313 e. The number of piperazine rings is 1. The molecule has 0 atom stereocenters. The minimum absolute atomic E-state index is 0.0589. The van der Waals surface area contributed by atoms with Gasteiger partial charge in [0, 0.05) is 49.8 Å². The Balaban J connectivity index is 1.07. The number of aromatic nitrogens is 4. The lowest BCUT2D eigenvalue weighted by Crippen LogP contribution is -2.52. The number of anilines is 2. The molecule has 0 aliphatic carbocycles. The van der Waals surface area contributed by atoms with Crippen LogP contribution in [0.15, 0.2) is 90.1 Å². The Kier molecular flexibility index (Phi) is 6.98. The maximum Gasteiger partial charge on any atom is 0.313 e. The standard InChI is InChI=1S/C30H26ClN7O3/c1-20-6-5-13-37-19-24(34-27(20)37)21-9-11-22(12-10-21)33-28(39)30(41)36-16-14-35(15-17-36)25-18-32-38(29(40)26(25)31)23-7-3-2-4-8-23/h2-13,18-19H,14-17H2,1H3,(H,33,39). The molecule has 0 unspecified atom stereocenters. The molecule has 0 saturated carbocycles. The van der Waals surface area contributed by atoms with E-state index in [4.69, 9.17) is 16.6 Å². The Morgan fingerprint density at radius 2 is 1.66 bits per heavy atom. The predicted molar refractivity (Wildman–Crippen MR) is 158 cm³/mol. The summed E-state index contributed by atoms with van der Waals surface area (Å²) in [6.45, 7) is 3.43. The first kappa shape index (κ1) is 26.3. The Labute approximate surface area is 240 Å². The Bertz CT molecular complexity index is 1810. The zero-order valence-electron chi connectivity index (χ0n) is 22.2. The molecular formula is C30H26ClN7O3. The lowest BCUT2D eigenvalue weighted by molar-refractivity contribution is -0.143. The van der Waals surface area contributed by atoms with Gasteiger partial charge in [0.1, 0.15) is 10.7 Å². The highest BCUT2D eigenvalue weighted by atomic mass is 35.5. The first-order valence-electron chi connectivity index (χ1n) is 13.1. The molecule has 1 N–H and O–H groups in total. The van der Waals surface area contributed by atoms with Crippen LogP contribution < -0.4 is 15.8 Å². The number of benzene rings is 2. The van der Waals surface area contributed by atoms with Gasteiger partial charge in [0.2, 0.25) is 0 Å². The van der Waals surface area contributed by atoms with E-state index in [-0.39, 0.29) is 5.02 Å². The van der Waals surface area contributed by atoms with E-state index < -0.39 is 17.4 Å². The number of carbonyl (C=O) groups is 2. The van der Waals surface area contributed by atoms with E-state index in [2.05, 4.69) is 10.4 Å². The molecule has 1 saturated heterocycles. The van der Waals surface area contributed by atoms with Crippen LogP contribution in [0.3, 0.4) is 0 Å². The van der Waals surface area contributed by atoms with Gasteiger partial charge in [-0.05, 0) is 42.8 Å². The summed E-state index contributed by atoms with van der Waals surface area (Å²) in [6, 6.07) is 20.2. The Morgan fingerprint density at radius 1 is 0.927 bits per heavy atom. The number of pyridine rings is 1. The first-order chi connectivity index (χ1) is 19.9. The van der Waals surface area contributed by atoms with Gasteiger partial charge >= 0.3 is 11.8 Å². The summed E-state index contributed by atoms with van der Waals surface area (Å²) in [5.74, 6) is -1.33. The zero-order valence-corrected chi connectivity index (χ0v) is 23.0. The molecule has 2 amide bonds. The van der Waals surface area contributed by atoms with Gasteiger partial charge in [-0.15, -0.1) is 0 Å². The molecule has 2 aromatic carbocycles. The minimum Gasteiger partial charge on any atom is -0.365 e. The highest BCUT2D eigenvalue weighted by Gasteiger charge is 2.28. The summed E-state index contributed by atoms with van der Waals surface area (Å²) in [4.78, 5) is 46.5. The van der Waals surface area contributed by atoms with E-state index in [1.807, 2.05) is 71.1 Å². The largest absolute Gasteiger partial charge is 0.365 e. The summed E-state index contributed by atoms with van der Waals surface area (Å²) in [5, 5.41) is 7.03. The highest BCUT2D eigenvalue weighted by Crippen LogP contribution is 2.24. The Morgan fingerprint density at radius 3 is 2.37 bits per heavy atom. The molecule has 206 valence electrons. The fourth-order valence-corrected chi connectivity index (χ4v) is 5.14. The number of imidazole rings is 1. The molecule has 41 heavy (non-hydrogen) atoms. The lowest BCUT2D eigenvalue weighted by Gasteiger charge is -2.35. The number of para-hydroxylation sites is 1. The van der Waals surface area contributed by atoms with Crippen LogP contribution in [0.5, 0.6) is 0 Å². The van der Waals surface area contributed by atoms with Crippen LogP contribution in [0.1, 0.15) is 5.56 Å². The van der Waals surface area contributed by atoms with Gasteiger partial charge in [0.15, 0.2) is 0 Å². The molecule has 6 rings (SSSR count). The second-order valence-electron chi connectivity index (χ2n) is 9.76. The van der Waals surface area contributed by atoms with E-state index in [1.54, 1.807) is 30.5 Å². The third kappa shape index (κ3) is 5.17. The molecule has 10 nitrogen and oxygen atoms in total. The van der Waals surface area contributed by atoms with Gasteiger partial charge in [0.25, 0.3) is 5.56 Å². The summed E-state index contributed by atoms with van der Waals surface area (Å²) < 4.78 is 3.22. The topological polar surface area (TPSA) is 105 Å². The molecule has 1 fully saturated rings. The van der Waals surface area contributed by atoms with E-state index in [9.17, 15) is 14.4 Å². The van der Waals surface area contributed by atoms with Crippen LogP contribution in [0.4, 0.5) is 11.4 Å². The fraction of sp³-hybridized carbons (Fsp3) is 0.167. The van der Waals surface area contributed by atoms with Crippen molar-refractivity contribution < 1.29 is 9.59 Å². The van der Waals surface area contributed by atoms with Crippen LogP contribution in [0, 0.1) is 6.92 Å². The summed E-state index contributed by atoms with van der Waals surface area (Å²) in [5.41, 5.74) is 4.90. The number of hydrogen-bond donors (Lipinski definition) is 1. The van der Waals surface area contributed by atoms with Gasteiger partial charge < -0.3 is 19.5 Å². The number of aryl methyl sites for hydroxylation is 1. The number of amides is 2. The number of fused-ring (bicyclic) bond motifs is 1. The van der Waals surface area contributed by atoms with E-state index in [0.717, 1.165) is 22.5 Å². The molecular weight excluding hydrogens is 542 g/mol. The van der Waals surface area contributed by atoms with Gasteiger partial charge in [-0.25, -0.2) is 4.98 Å². The number of nitrogens with one attached hydrogen (secondary N) is 1. The lowest BCUT2D eigenvalue weighted by atomic mass is 10.1. The van der Waals surface area contributed by atoms with E-state index in [1.165, 1.54) is 9.58 Å². The predicted octanol–water partition coefficient (Wildman–Crippen LogP) is 3.80. The fourth-order valence-electron chi connectivity index (χ4n) is 4.89. The van der Waals surface area contributed by atoms with Crippen molar-refractivity contribution in [2.75, 3.05) is 36.4 Å². The average molecular weight is 568 g/mol. The normalized spacial score (nSPS) is 13.4. The third-order valence-corrected chi connectivity index (χ3v) is 7.47. The zero-order chi connectivity index (χ0) is 28.5. The molecule has 0 bridgehead atoms. The van der Waals surface area contributed by atoms with Gasteiger partial charge in [-0.1, -0.05) is 48.0 Å². The van der Waals surface area contributed by atoms with E-state index >= 15 is 0 Å². The quantitative estimate of drug-likeness (QED) is 0.331. The third-order valence-electron chi connectivity index (χ3n) is 7.12. The van der Waals surface area contributed by atoms with Crippen LogP contribution in [-0.2, 0) is 9.59 Å². The molecule has 1 aliphatic heterocycles. The molecule has 0 spiro atoms. The Hall–Kier alpha value is -4.96. The van der Waals surface area contributed by atoms with Crippen molar-refractivity contribution in [3.05, 3.63) is 106 Å². The van der Waals surface area contributed by atoms with Crippen molar-refractivity contribution >= 4 is 40.4 Å². The van der Waals surface area contributed by atoms with Crippen LogP contribution in [-0.4, -0.2) is 62.1 Å². The van der Waals surface area contributed by atoms with Crippen LogP contribution >= 0.6 is 11.6 Å². The van der Waals surface area contributed by atoms with Gasteiger partial charge in [0.05, 0.1) is 23.3 Å². The highest BCUT2D eigenvalue weighted by molar-refractivity contribution is 6.39. The summed E-state index contributed by atoms with van der Waals surface area (Å²) in [6.07, 6.45) is 5.46. The van der Waals surface area contributed by atoms with Gasteiger partial charge in [-0.3, -0.25) is 14.4 Å². The van der Waals surface area contributed by atoms with Crippen molar-refractivity contribution in [2.24, 2.45) is 0 Å². The maximum atomic E-state index is 12.9. The van der Waals surface area contributed by atoms with Crippen molar-refractivity contribution in [1.29, 1.82) is 0 Å².